The first-order chi connectivity index (χ1) is 9.95. The molecule has 1 aliphatic heterocycles. The van der Waals surface area contributed by atoms with E-state index < -0.39 is 43.3 Å². The van der Waals surface area contributed by atoms with Gasteiger partial charge in [-0.15, -0.1) is 0 Å². The number of para-hydroxylation sites is 1. The lowest BCUT2D eigenvalue weighted by atomic mass is 9.99. The van der Waals surface area contributed by atoms with Gasteiger partial charge in [-0.1, -0.05) is 12.1 Å². The molecule has 5 N–H and O–H groups in total. The standard InChI is InChI=1S/C13H16O8/c14-5-8-9(15)10(16)11(13(19)21-8)20-7-4-2-1-3-6(7)12(17)18/h1-4,8-11,13-16,19H,5H2,(H,17,18)/t8-,9-,10+,11-,13+/m1/s1. The molecule has 0 spiro atoms. The van der Waals surface area contributed by atoms with Gasteiger partial charge >= 0.3 is 5.97 Å². The molecule has 1 aliphatic rings. The van der Waals surface area contributed by atoms with Crippen LogP contribution in [0, 0.1) is 0 Å². The van der Waals surface area contributed by atoms with Crippen molar-refractivity contribution in [2.75, 3.05) is 6.61 Å². The molecule has 5 atom stereocenters. The summed E-state index contributed by atoms with van der Waals surface area (Å²) >= 11 is 0. The lowest BCUT2D eigenvalue weighted by molar-refractivity contribution is -0.280. The number of hydrogen-bond donors (Lipinski definition) is 5. The third-order valence-corrected chi connectivity index (χ3v) is 3.22. The van der Waals surface area contributed by atoms with Gasteiger partial charge in [-0.3, -0.25) is 0 Å². The third kappa shape index (κ3) is 3.14. The molecular formula is C13H16O8. The van der Waals surface area contributed by atoms with Crippen molar-refractivity contribution >= 4 is 5.97 Å². The number of aliphatic hydroxyl groups is 4. The first kappa shape index (κ1) is 15.7. The van der Waals surface area contributed by atoms with E-state index in [9.17, 15) is 20.1 Å². The van der Waals surface area contributed by atoms with E-state index in [-0.39, 0.29) is 11.3 Å². The summed E-state index contributed by atoms with van der Waals surface area (Å²) in [5.41, 5.74) is -0.157. The number of hydrogen-bond acceptors (Lipinski definition) is 7. The van der Waals surface area contributed by atoms with E-state index in [1.54, 1.807) is 0 Å². The monoisotopic (exact) mass is 300 g/mol. The van der Waals surface area contributed by atoms with Crippen LogP contribution in [-0.4, -0.2) is 68.8 Å². The van der Waals surface area contributed by atoms with Crippen molar-refractivity contribution in [3.63, 3.8) is 0 Å². The van der Waals surface area contributed by atoms with E-state index in [0.29, 0.717) is 0 Å². The molecule has 0 radical (unpaired) electrons. The number of benzene rings is 1. The van der Waals surface area contributed by atoms with Crippen molar-refractivity contribution < 1.29 is 39.8 Å². The second kappa shape index (κ2) is 6.37. The average molecular weight is 300 g/mol. The summed E-state index contributed by atoms with van der Waals surface area (Å²) in [7, 11) is 0. The normalized spacial score (nSPS) is 32.7. The minimum Gasteiger partial charge on any atom is -0.481 e. The molecule has 21 heavy (non-hydrogen) atoms. The van der Waals surface area contributed by atoms with E-state index in [0.717, 1.165) is 0 Å². The van der Waals surface area contributed by atoms with Gasteiger partial charge in [0.2, 0.25) is 0 Å². The first-order valence-corrected chi connectivity index (χ1v) is 6.25. The van der Waals surface area contributed by atoms with Gasteiger partial charge < -0.3 is 35.0 Å². The van der Waals surface area contributed by atoms with Crippen molar-refractivity contribution in [3.05, 3.63) is 29.8 Å². The van der Waals surface area contributed by atoms with Crippen LogP contribution in [0.1, 0.15) is 10.4 Å². The minimum atomic E-state index is -1.62. The predicted octanol–water partition coefficient (Wildman–Crippen LogP) is -1.44. The molecule has 1 aromatic carbocycles. The maximum Gasteiger partial charge on any atom is 0.339 e. The van der Waals surface area contributed by atoms with Gasteiger partial charge in [0.1, 0.15) is 29.6 Å². The van der Waals surface area contributed by atoms with Gasteiger partial charge in [-0.05, 0) is 12.1 Å². The summed E-state index contributed by atoms with van der Waals surface area (Å²) in [6, 6.07) is 5.68. The van der Waals surface area contributed by atoms with Crippen molar-refractivity contribution in [2.45, 2.75) is 30.7 Å². The minimum absolute atomic E-state index is 0.0775. The molecule has 1 saturated heterocycles. The lowest BCUT2D eigenvalue weighted by Crippen LogP contribution is -2.60. The fraction of sp³-hybridized carbons (Fsp3) is 0.462. The molecule has 0 aromatic heterocycles. The number of rotatable bonds is 4. The van der Waals surface area contributed by atoms with E-state index >= 15 is 0 Å². The number of carboxylic acids is 1. The van der Waals surface area contributed by atoms with Crippen LogP contribution in [0.5, 0.6) is 5.75 Å². The average Bonchev–Trinajstić information content (AvgIpc) is 2.47. The molecule has 0 aliphatic carbocycles. The van der Waals surface area contributed by atoms with E-state index in [1.807, 2.05) is 0 Å². The zero-order valence-electron chi connectivity index (χ0n) is 10.9. The summed E-state index contributed by atoms with van der Waals surface area (Å²) < 4.78 is 10.2. The Balaban J connectivity index is 2.21. The van der Waals surface area contributed by atoms with Crippen molar-refractivity contribution in [2.24, 2.45) is 0 Å². The summed E-state index contributed by atoms with van der Waals surface area (Å²) in [4.78, 5) is 11.1. The number of carbonyl (C=O) groups is 1. The molecule has 0 bridgehead atoms. The maximum absolute atomic E-state index is 11.1. The number of aliphatic hydroxyl groups excluding tert-OH is 4. The summed E-state index contributed by atoms with van der Waals surface area (Å²) in [5.74, 6) is -1.31. The summed E-state index contributed by atoms with van der Waals surface area (Å²) in [6.07, 6.45) is -7.18. The largest absolute Gasteiger partial charge is 0.481 e. The first-order valence-electron chi connectivity index (χ1n) is 6.25. The Morgan fingerprint density at radius 1 is 1.19 bits per heavy atom. The molecule has 1 fully saturated rings. The third-order valence-electron chi connectivity index (χ3n) is 3.22. The van der Waals surface area contributed by atoms with Crippen LogP contribution in [-0.2, 0) is 4.74 Å². The second-order valence-corrected chi connectivity index (χ2v) is 4.61. The van der Waals surface area contributed by atoms with E-state index in [2.05, 4.69) is 0 Å². The number of carboxylic acid groups (broad SMARTS) is 1. The summed E-state index contributed by atoms with van der Waals surface area (Å²) in [5, 5.41) is 47.4. The van der Waals surface area contributed by atoms with Crippen LogP contribution in [0.25, 0.3) is 0 Å². The molecule has 1 aromatic rings. The fourth-order valence-corrected chi connectivity index (χ4v) is 2.09. The van der Waals surface area contributed by atoms with E-state index in [4.69, 9.17) is 19.7 Å². The molecular weight excluding hydrogens is 284 g/mol. The van der Waals surface area contributed by atoms with Crippen LogP contribution in [0.4, 0.5) is 0 Å². The highest BCUT2D eigenvalue weighted by atomic mass is 16.7. The van der Waals surface area contributed by atoms with Crippen LogP contribution < -0.4 is 4.74 Å². The zero-order valence-corrected chi connectivity index (χ0v) is 10.9. The lowest BCUT2D eigenvalue weighted by Gasteiger charge is -2.39. The Hall–Kier alpha value is -1.71. The van der Waals surface area contributed by atoms with Crippen LogP contribution in [0.2, 0.25) is 0 Å². The van der Waals surface area contributed by atoms with Crippen molar-refractivity contribution in [3.8, 4) is 5.75 Å². The molecule has 1 heterocycles. The molecule has 0 amide bonds. The SMILES string of the molecule is O=C(O)c1ccccc1O[C@@H]1[C@@H](O)[C@H](O)[C@@H](CO)O[C@@H]1O. The van der Waals surface area contributed by atoms with Gasteiger partial charge in [0.25, 0.3) is 0 Å². The van der Waals surface area contributed by atoms with Gasteiger partial charge in [-0.25, -0.2) is 4.79 Å². The molecule has 0 saturated carbocycles. The molecule has 8 nitrogen and oxygen atoms in total. The molecule has 2 rings (SSSR count). The molecule has 0 unspecified atom stereocenters. The van der Waals surface area contributed by atoms with Crippen LogP contribution in [0.3, 0.4) is 0 Å². The summed E-state index contributed by atoms with van der Waals surface area (Å²) in [6.45, 7) is -0.590. The van der Waals surface area contributed by atoms with Crippen molar-refractivity contribution in [1.82, 2.24) is 0 Å². The quantitative estimate of drug-likeness (QED) is 0.456. The van der Waals surface area contributed by atoms with Gasteiger partial charge in [-0.2, -0.15) is 0 Å². The Bertz CT molecular complexity index is 505. The van der Waals surface area contributed by atoms with Gasteiger partial charge in [0.05, 0.1) is 6.61 Å². The number of ether oxygens (including phenoxy) is 2. The molecule has 116 valence electrons. The molecule has 8 heteroatoms. The Morgan fingerprint density at radius 3 is 2.48 bits per heavy atom. The Morgan fingerprint density at radius 2 is 1.86 bits per heavy atom. The highest BCUT2D eigenvalue weighted by Gasteiger charge is 2.45. The van der Waals surface area contributed by atoms with Crippen LogP contribution >= 0.6 is 0 Å². The highest BCUT2D eigenvalue weighted by Crippen LogP contribution is 2.26. The van der Waals surface area contributed by atoms with Crippen molar-refractivity contribution in [1.29, 1.82) is 0 Å². The smallest absolute Gasteiger partial charge is 0.339 e. The Labute approximate surface area is 119 Å². The predicted molar refractivity (Wildman–Crippen MR) is 67.8 cm³/mol. The van der Waals surface area contributed by atoms with Gasteiger partial charge in [0.15, 0.2) is 12.4 Å². The Kier molecular flexibility index (Phi) is 4.76. The topological polar surface area (TPSA) is 137 Å². The second-order valence-electron chi connectivity index (χ2n) is 4.61. The number of aromatic carboxylic acids is 1. The van der Waals surface area contributed by atoms with Gasteiger partial charge in [0, 0.05) is 0 Å². The maximum atomic E-state index is 11.1. The van der Waals surface area contributed by atoms with Crippen LogP contribution in [0.15, 0.2) is 24.3 Å². The highest BCUT2D eigenvalue weighted by molar-refractivity contribution is 5.90. The fourth-order valence-electron chi connectivity index (χ4n) is 2.09. The van der Waals surface area contributed by atoms with E-state index in [1.165, 1.54) is 24.3 Å². The zero-order chi connectivity index (χ0) is 15.6.